The molecule has 4 aromatic rings. The van der Waals surface area contributed by atoms with Gasteiger partial charge in [0.15, 0.2) is 6.10 Å². The molecule has 3 aromatic heterocycles. The number of H-pyrrole nitrogens is 1. The standard InChI is InChI=1S/C24H23N5O3S/c1-15-14-28(23(31)16-5-3-2-4-6-16)10-11-29(15)24(32)21(30)18-13-27-19-17(7-8-25-20(18)19)22-26-9-12-33-22/h2-9,12-13,15,21,27,30H,10-11,14H2,1H3/t15-,21?/m1/s1. The second kappa shape index (κ2) is 8.76. The zero-order chi connectivity index (χ0) is 22.9. The average Bonchev–Trinajstić information content (AvgIpc) is 3.53. The first-order valence-electron chi connectivity index (χ1n) is 10.7. The largest absolute Gasteiger partial charge is 0.378 e. The van der Waals surface area contributed by atoms with E-state index in [1.165, 1.54) is 11.3 Å². The van der Waals surface area contributed by atoms with Gasteiger partial charge in [0.2, 0.25) is 0 Å². The van der Waals surface area contributed by atoms with E-state index < -0.39 is 12.0 Å². The van der Waals surface area contributed by atoms with Crippen LogP contribution in [0.5, 0.6) is 0 Å². The molecule has 33 heavy (non-hydrogen) atoms. The second-order valence-electron chi connectivity index (χ2n) is 8.06. The number of pyridine rings is 1. The molecule has 2 N–H and O–H groups in total. The van der Waals surface area contributed by atoms with Gasteiger partial charge in [0, 0.05) is 66.3 Å². The van der Waals surface area contributed by atoms with Crippen molar-refractivity contribution >= 4 is 34.2 Å². The number of fused-ring (bicyclic) bond motifs is 1. The summed E-state index contributed by atoms with van der Waals surface area (Å²) in [5.41, 5.74) is 3.23. The molecule has 0 saturated carbocycles. The van der Waals surface area contributed by atoms with Crippen LogP contribution in [0.15, 0.2) is 60.4 Å². The van der Waals surface area contributed by atoms with E-state index in [1.54, 1.807) is 40.5 Å². The Hall–Kier alpha value is -3.56. The summed E-state index contributed by atoms with van der Waals surface area (Å²) < 4.78 is 0. The number of benzene rings is 1. The molecule has 1 fully saturated rings. The Labute approximate surface area is 194 Å². The van der Waals surface area contributed by atoms with Gasteiger partial charge in [0.25, 0.3) is 11.8 Å². The van der Waals surface area contributed by atoms with E-state index in [2.05, 4.69) is 15.0 Å². The van der Waals surface area contributed by atoms with E-state index in [4.69, 9.17) is 0 Å². The summed E-state index contributed by atoms with van der Waals surface area (Å²) in [5.74, 6) is -0.442. The first kappa shape index (κ1) is 21.3. The van der Waals surface area contributed by atoms with E-state index in [-0.39, 0.29) is 11.9 Å². The Morgan fingerprint density at radius 2 is 1.97 bits per heavy atom. The Morgan fingerprint density at radius 3 is 2.70 bits per heavy atom. The number of hydrogen-bond acceptors (Lipinski definition) is 6. The van der Waals surface area contributed by atoms with Crippen LogP contribution in [0.4, 0.5) is 0 Å². The van der Waals surface area contributed by atoms with Crippen LogP contribution in [-0.4, -0.2) is 67.3 Å². The lowest BCUT2D eigenvalue weighted by atomic mass is 10.1. The highest BCUT2D eigenvalue weighted by atomic mass is 32.1. The Kier molecular flexibility index (Phi) is 5.65. The fourth-order valence-corrected chi connectivity index (χ4v) is 4.98. The number of piperazine rings is 1. The molecule has 1 saturated heterocycles. The normalized spacial score (nSPS) is 17.3. The molecule has 0 bridgehead atoms. The van der Waals surface area contributed by atoms with Gasteiger partial charge in [0.05, 0.1) is 11.0 Å². The maximum atomic E-state index is 13.2. The van der Waals surface area contributed by atoms with E-state index in [0.29, 0.717) is 36.3 Å². The van der Waals surface area contributed by atoms with Crippen LogP contribution in [0.1, 0.15) is 28.9 Å². The number of rotatable bonds is 4. The van der Waals surface area contributed by atoms with Crippen molar-refractivity contribution in [2.75, 3.05) is 19.6 Å². The number of thiazole rings is 1. The molecule has 1 unspecified atom stereocenters. The summed E-state index contributed by atoms with van der Waals surface area (Å²) in [5, 5.41) is 13.7. The lowest BCUT2D eigenvalue weighted by Gasteiger charge is -2.40. The monoisotopic (exact) mass is 461 g/mol. The van der Waals surface area contributed by atoms with Crippen LogP contribution in [0, 0.1) is 0 Å². The first-order chi connectivity index (χ1) is 16.0. The SMILES string of the molecule is C[C@@H]1CN(C(=O)c2ccccc2)CCN1C(=O)C(O)c1c[nH]c2c(-c3nccs3)ccnc12. The Bertz CT molecular complexity index is 1290. The summed E-state index contributed by atoms with van der Waals surface area (Å²) in [7, 11) is 0. The molecule has 1 aromatic carbocycles. The number of aromatic nitrogens is 3. The topological polar surface area (TPSA) is 102 Å². The fourth-order valence-electron chi connectivity index (χ4n) is 4.31. The molecule has 2 atom stereocenters. The Balaban J connectivity index is 1.34. The van der Waals surface area contributed by atoms with Gasteiger partial charge in [0.1, 0.15) is 5.01 Å². The van der Waals surface area contributed by atoms with Crippen LogP contribution in [-0.2, 0) is 4.79 Å². The van der Waals surface area contributed by atoms with Crippen molar-refractivity contribution in [1.29, 1.82) is 0 Å². The van der Waals surface area contributed by atoms with Gasteiger partial charge in [-0.3, -0.25) is 14.6 Å². The summed E-state index contributed by atoms with van der Waals surface area (Å²) >= 11 is 1.51. The van der Waals surface area contributed by atoms with Crippen molar-refractivity contribution in [1.82, 2.24) is 24.8 Å². The van der Waals surface area contributed by atoms with E-state index in [0.717, 1.165) is 16.1 Å². The third-order valence-corrected chi connectivity index (χ3v) is 6.81. The van der Waals surface area contributed by atoms with Crippen molar-refractivity contribution < 1.29 is 14.7 Å². The predicted molar refractivity (Wildman–Crippen MR) is 126 cm³/mol. The molecular weight excluding hydrogens is 438 g/mol. The van der Waals surface area contributed by atoms with Gasteiger partial charge in [-0.2, -0.15) is 0 Å². The van der Waals surface area contributed by atoms with Crippen LogP contribution in [0.2, 0.25) is 0 Å². The van der Waals surface area contributed by atoms with Crippen LogP contribution < -0.4 is 0 Å². The fraction of sp³-hybridized carbons (Fsp3) is 0.250. The molecule has 5 rings (SSSR count). The molecule has 1 aliphatic heterocycles. The maximum absolute atomic E-state index is 13.2. The molecule has 1 aliphatic rings. The molecule has 2 amide bonds. The molecule has 0 aliphatic carbocycles. The lowest BCUT2D eigenvalue weighted by Crippen LogP contribution is -2.56. The minimum Gasteiger partial charge on any atom is -0.378 e. The van der Waals surface area contributed by atoms with Crippen molar-refractivity contribution in [2.45, 2.75) is 19.1 Å². The summed E-state index contributed by atoms with van der Waals surface area (Å²) in [6, 6.07) is 10.8. The quantitative estimate of drug-likeness (QED) is 0.486. The average molecular weight is 462 g/mol. The van der Waals surface area contributed by atoms with Crippen molar-refractivity contribution in [3.63, 3.8) is 0 Å². The van der Waals surface area contributed by atoms with Crippen LogP contribution in [0.3, 0.4) is 0 Å². The summed E-state index contributed by atoms with van der Waals surface area (Å²) in [6.45, 7) is 3.07. The molecule has 8 nitrogen and oxygen atoms in total. The van der Waals surface area contributed by atoms with Gasteiger partial charge in [-0.15, -0.1) is 11.3 Å². The number of carbonyl (C=O) groups excluding carboxylic acids is 2. The number of nitrogens with one attached hydrogen (secondary N) is 1. The van der Waals surface area contributed by atoms with Crippen molar-refractivity contribution in [2.24, 2.45) is 0 Å². The number of aliphatic hydroxyl groups is 1. The minimum absolute atomic E-state index is 0.0503. The van der Waals surface area contributed by atoms with Gasteiger partial charge >= 0.3 is 0 Å². The van der Waals surface area contributed by atoms with E-state index in [9.17, 15) is 14.7 Å². The van der Waals surface area contributed by atoms with Gasteiger partial charge in [-0.1, -0.05) is 18.2 Å². The zero-order valence-corrected chi connectivity index (χ0v) is 18.8. The molecule has 4 heterocycles. The third-order valence-electron chi connectivity index (χ3n) is 6.01. The Morgan fingerprint density at radius 1 is 1.15 bits per heavy atom. The highest BCUT2D eigenvalue weighted by Crippen LogP contribution is 2.32. The molecule has 0 spiro atoms. The van der Waals surface area contributed by atoms with Gasteiger partial charge in [-0.05, 0) is 25.1 Å². The van der Waals surface area contributed by atoms with E-state index in [1.807, 2.05) is 36.6 Å². The molecule has 0 radical (unpaired) electrons. The minimum atomic E-state index is -1.35. The third kappa shape index (κ3) is 3.90. The van der Waals surface area contributed by atoms with Crippen LogP contribution in [0.25, 0.3) is 21.6 Å². The number of aromatic amines is 1. The highest BCUT2D eigenvalue weighted by Gasteiger charge is 2.34. The van der Waals surface area contributed by atoms with E-state index >= 15 is 0 Å². The first-order valence-corrected chi connectivity index (χ1v) is 11.6. The van der Waals surface area contributed by atoms with Crippen molar-refractivity contribution in [3.05, 3.63) is 71.5 Å². The summed E-state index contributed by atoms with van der Waals surface area (Å²) in [4.78, 5) is 41.3. The summed E-state index contributed by atoms with van der Waals surface area (Å²) in [6.07, 6.45) is 3.68. The zero-order valence-electron chi connectivity index (χ0n) is 18.0. The predicted octanol–water partition coefficient (Wildman–Crippen LogP) is 3.09. The van der Waals surface area contributed by atoms with Gasteiger partial charge in [-0.25, -0.2) is 4.98 Å². The molecule has 168 valence electrons. The number of amides is 2. The molecular formula is C24H23N5O3S. The van der Waals surface area contributed by atoms with Gasteiger partial charge < -0.3 is 19.9 Å². The smallest absolute Gasteiger partial charge is 0.256 e. The highest BCUT2D eigenvalue weighted by molar-refractivity contribution is 7.13. The number of aliphatic hydroxyl groups excluding tert-OH is 1. The molecule has 9 heteroatoms. The number of nitrogens with zero attached hydrogens (tertiary/aromatic N) is 4. The van der Waals surface area contributed by atoms with Crippen molar-refractivity contribution in [3.8, 4) is 10.6 Å². The van der Waals surface area contributed by atoms with Crippen LogP contribution >= 0.6 is 11.3 Å². The maximum Gasteiger partial charge on any atom is 0.256 e. The lowest BCUT2D eigenvalue weighted by molar-refractivity contribution is -0.144. The number of hydrogen-bond donors (Lipinski definition) is 2. The number of carbonyl (C=O) groups is 2. The second-order valence-corrected chi connectivity index (χ2v) is 8.96.